The molecule has 0 saturated carbocycles. The fourth-order valence-corrected chi connectivity index (χ4v) is 3.29. The van der Waals surface area contributed by atoms with Crippen LogP contribution in [0.2, 0.25) is 0 Å². The van der Waals surface area contributed by atoms with E-state index in [4.69, 9.17) is 4.99 Å². The molecule has 0 bridgehead atoms. The van der Waals surface area contributed by atoms with Crippen LogP contribution >= 0.6 is 0 Å². The van der Waals surface area contributed by atoms with Gasteiger partial charge in [-0.2, -0.15) is 0 Å². The molecule has 27 heavy (non-hydrogen) atoms. The Morgan fingerprint density at radius 1 is 1.30 bits per heavy atom. The number of rotatable bonds is 10. The van der Waals surface area contributed by atoms with Crippen LogP contribution in [0.1, 0.15) is 59.2 Å². The third-order valence-electron chi connectivity index (χ3n) is 5.43. The number of aliphatic imine (C=N–C) groups is 1. The molecule has 0 aromatic carbocycles. The van der Waals surface area contributed by atoms with Crippen molar-refractivity contribution in [1.82, 2.24) is 30.3 Å². The molecule has 0 spiro atoms. The summed E-state index contributed by atoms with van der Waals surface area (Å²) in [7, 11) is 0. The number of hydrogen-bond donors (Lipinski definition) is 2. The van der Waals surface area contributed by atoms with E-state index in [-0.39, 0.29) is 0 Å². The molecule has 2 rings (SSSR count). The molecule has 1 saturated heterocycles. The van der Waals surface area contributed by atoms with Gasteiger partial charge in [-0.15, -0.1) is 10.2 Å². The van der Waals surface area contributed by atoms with E-state index in [1.54, 1.807) is 6.33 Å². The average molecular weight is 378 g/mol. The fourth-order valence-electron chi connectivity index (χ4n) is 3.29. The van der Waals surface area contributed by atoms with Crippen LogP contribution in [0, 0.1) is 5.92 Å². The van der Waals surface area contributed by atoms with E-state index < -0.39 is 0 Å². The van der Waals surface area contributed by atoms with Crippen molar-refractivity contribution in [3.8, 4) is 0 Å². The molecule has 2 N–H and O–H groups in total. The lowest BCUT2D eigenvalue weighted by atomic mass is 9.99. The van der Waals surface area contributed by atoms with Crippen molar-refractivity contribution in [3.63, 3.8) is 0 Å². The van der Waals surface area contributed by atoms with Gasteiger partial charge in [-0.3, -0.25) is 4.99 Å². The van der Waals surface area contributed by atoms with Crippen LogP contribution in [-0.2, 0) is 13.0 Å². The highest BCUT2D eigenvalue weighted by Crippen LogP contribution is 2.15. The normalized spacial score (nSPS) is 17.9. The second-order valence-electron chi connectivity index (χ2n) is 7.78. The number of piperidine rings is 1. The summed E-state index contributed by atoms with van der Waals surface area (Å²) >= 11 is 0. The predicted octanol–water partition coefficient (Wildman–Crippen LogP) is 2.30. The number of hydrogen-bond acceptors (Lipinski definition) is 4. The third kappa shape index (κ3) is 7.87. The molecule has 1 unspecified atom stereocenters. The highest BCUT2D eigenvalue weighted by Gasteiger charge is 2.14. The van der Waals surface area contributed by atoms with Gasteiger partial charge in [0.05, 0.1) is 0 Å². The van der Waals surface area contributed by atoms with Crippen LogP contribution in [0.5, 0.6) is 0 Å². The summed E-state index contributed by atoms with van der Waals surface area (Å²) in [6, 6.07) is 0.418. The lowest BCUT2D eigenvalue weighted by molar-refractivity contribution is 0.191. The zero-order valence-corrected chi connectivity index (χ0v) is 17.7. The zero-order chi connectivity index (χ0) is 19.5. The number of likely N-dealkylation sites (tertiary alicyclic amines) is 1. The first-order chi connectivity index (χ1) is 13.1. The molecule has 154 valence electrons. The fraction of sp³-hybridized carbons (Fsp3) is 0.850. The van der Waals surface area contributed by atoms with E-state index in [0.29, 0.717) is 6.04 Å². The van der Waals surface area contributed by atoms with Crippen LogP contribution < -0.4 is 10.6 Å². The number of aromatic nitrogens is 3. The second-order valence-corrected chi connectivity index (χ2v) is 7.78. The Hall–Kier alpha value is -1.63. The maximum absolute atomic E-state index is 4.80. The Bertz CT molecular complexity index is 546. The van der Waals surface area contributed by atoms with E-state index >= 15 is 0 Å². The highest BCUT2D eigenvalue weighted by molar-refractivity contribution is 5.80. The SMILES string of the molecule is CCc1nncn1CCNC(=NCCCN1CCC(C)CC1)NC(C)CC. The quantitative estimate of drug-likeness (QED) is 0.372. The maximum Gasteiger partial charge on any atom is 0.191 e. The van der Waals surface area contributed by atoms with E-state index in [2.05, 4.69) is 58.0 Å². The van der Waals surface area contributed by atoms with Gasteiger partial charge >= 0.3 is 0 Å². The summed E-state index contributed by atoms with van der Waals surface area (Å²) in [6.07, 6.45) is 7.59. The maximum atomic E-state index is 4.80. The minimum Gasteiger partial charge on any atom is -0.355 e. The Morgan fingerprint density at radius 2 is 2.07 bits per heavy atom. The van der Waals surface area contributed by atoms with Gasteiger partial charge in [0, 0.05) is 32.1 Å². The van der Waals surface area contributed by atoms with Crippen molar-refractivity contribution in [3.05, 3.63) is 12.2 Å². The summed E-state index contributed by atoms with van der Waals surface area (Å²) in [4.78, 5) is 7.39. The Morgan fingerprint density at radius 3 is 2.78 bits per heavy atom. The van der Waals surface area contributed by atoms with Gasteiger partial charge in [-0.25, -0.2) is 0 Å². The molecule has 7 nitrogen and oxygen atoms in total. The smallest absolute Gasteiger partial charge is 0.191 e. The molecule has 7 heteroatoms. The van der Waals surface area contributed by atoms with Gasteiger partial charge in [0.15, 0.2) is 5.96 Å². The number of guanidine groups is 1. The van der Waals surface area contributed by atoms with Crippen LogP contribution in [0.4, 0.5) is 0 Å². The van der Waals surface area contributed by atoms with E-state index in [0.717, 1.165) is 63.1 Å². The highest BCUT2D eigenvalue weighted by atomic mass is 15.3. The van der Waals surface area contributed by atoms with Gasteiger partial charge < -0.3 is 20.1 Å². The number of nitrogens with one attached hydrogen (secondary N) is 2. The van der Waals surface area contributed by atoms with Crippen LogP contribution in [0.15, 0.2) is 11.3 Å². The lowest BCUT2D eigenvalue weighted by Crippen LogP contribution is -2.43. The standard InChI is InChI=1S/C20H39N7/c1-5-18(4)24-20(22-11-15-27-16-23-25-19(27)6-2)21-10-7-12-26-13-8-17(3)9-14-26/h16-18H,5-15H2,1-4H3,(H2,21,22,24). The molecule has 0 aliphatic carbocycles. The van der Waals surface area contributed by atoms with Gasteiger partial charge in [0.1, 0.15) is 12.2 Å². The lowest BCUT2D eigenvalue weighted by Gasteiger charge is -2.29. The molecule has 1 aromatic heterocycles. The van der Waals surface area contributed by atoms with Crippen molar-refractivity contribution in [1.29, 1.82) is 0 Å². The number of nitrogens with zero attached hydrogens (tertiary/aromatic N) is 5. The van der Waals surface area contributed by atoms with Crippen LogP contribution in [-0.4, -0.2) is 64.4 Å². The minimum atomic E-state index is 0.418. The molecular formula is C20H39N7. The molecule has 0 amide bonds. The monoisotopic (exact) mass is 377 g/mol. The summed E-state index contributed by atoms with van der Waals surface area (Å²) in [5.41, 5.74) is 0. The van der Waals surface area contributed by atoms with Crippen molar-refractivity contribution in [2.75, 3.05) is 32.7 Å². The summed E-state index contributed by atoms with van der Waals surface area (Å²) in [5, 5.41) is 15.1. The first kappa shape index (κ1) is 21.7. The third-order valence-corrected chi connectivity index (χ3v) is 5.43. The predicted molar refractivity (Wildman–Crippen MR) is 112 cm³/mol. The molecule has 2 heterocycles. The van der Waals surface area contributed by atoms with E-state index in [1.807, 2.05) is 0 Å². The van der Waals surface area contributed by atoms with Gasteiger partial charge in [-0.1, -0.05) is 20.8 Å². The molecule has 1 aliphatic rings. The first-order valence-electron chi connectivity index (χ1n) is 10.8. The molecule has 1 aromatic rings. The van der Waals surface area contributed by atoms with Gasteiger partial charge in [0.25, 0.3) is 0 Å². The first-order valence-corrected chi connectivity index (χ1v) is 10.8. The molecule has 1 fully saturated rings. The summed E-state index contributed by atoms with van der Waals surface area (Å²) in [5.74, 6) is 2.84. The van der Waals surface area contributed by atoms with Crippen molar-refractivity contribution in [2.24, 2.45) is 10.9 Å². The largest absolute Gasteiger partial charge is 0.355 e. The molecular weight excluding hydrogens is 338 g/mol. The van der Waals surface area contributed by atoms with E-state index in [9.17, 15) is 0 Å². The Kier molecular flexibility index (Phi) is 9.59. The molecule has 1 aliphatic heterocycles. The van der Waals surface area contributed by atoms with Crippen LogP contribution in [0.25, 0.3) is 0 Å². The Labute approximate surface area is 165 Å². The molecule has 1 atom stereocenters. The Balaban J connectivity index is 1.75. The minimum absolute atomic E-state index is 0.418. The summed E-state index contributed by atoms with van der Waals surface area (Å²) in [6.45, 7) is 15.1. The second kappa shape index (κ2) is 12.0. The summed E-state index contributed by atoms with van der Waals surface area (Å²) < 4.78 is 2.10. The van der Waals surface area contributed by atoms with Gasteiger partial charge in [0.2, 0.25) is 0 Å². The van der Waals surface area contributed by atoms with Crippen molar-refractivity contribution < 1.29 is 0 Å². The zero-order valence-electron chi connectivity index (χ0n) is 17.7. The average Bonchev–Trinajstić information content (AvgIpc) is 3.13. The van der Waals surface area contributed by atoms with Crippen molar-refractivity contribution >= 4 is 5.96 Å². The molecule has 0 radical (unpaired) electrons. The van der Waals surface area contributed by atoms with E-state index in [1.165, 1.54) is 25.9 Å². The van der Waals surface area contributed by atoms with Gasteiger partial charge in [-0.05, 0) is 58.2 Å². The number of aryl methyl sites for hydroxylation is 1. The topological polar surface area (TPSA) is 70.4 Å². The van der Waals surface area contributed by atoms with Crippen LogP contribution in [0.3, 0.4) is 0 Å². The van der Waals surface area contributed by atoms with Crippen molar-refractivity contribution in [2.45, 2.75) is 72.4 Å².